The van der Waals surface area contributed by atoms with Crippen LogP contribution in [0.5, 0.6) is 0 Å². The highest BCUT2D eigenvalue weighted by atomic mass is 32.1. The molecule has 2 aromatic rings. The van der Waals surface area contributed by atoms with Gasteiger partial charge in [0.2, 0.25) is 0 Å². The van der Waals surface area contributed by atoms with Crippen LogP contribution in [-0.2, 0) is 0 Å². The lowest BCUT2D eigenvalue weighted by Crippen LogP contribution is -2.34. The van der Waals surface area contributed by atoms with Crippen molar-refractivity contribution >= 4 is 23.1 Å². The lowest BCUT2D eigenvalue weighted by Gasteiger charge is -2.24. The first kappa shape index (κ1) is 14.1. The van der Waals surface area contributed by atoms with Gasteiger partial charge in [0.05, 0.1) is 6.04 Å². The third-order valence-corrected chi connectivity index (χ3v) is 4.83. The summed E-state index contributed by atoms with van der Waals surface area (Å²) in [5, 5.41) is 5.13. The molecule has 1 N–H and O–H groups in total. The van der Waals surface area contributed by atoms with Crippen LogP contribution < -0.4 is 5.32 Å². The molecular formula is C17H20N2OS. The van der Waals surface area contributed by atoms with Crippen molar-refractivity contribution in [1.29, 1.82) is 0 Å². The summed E-state index contributed by atoms with van der Waals surface area (Å²) in [5.41, 5.74) is 3.22. The largest absolute Gasteiger partial charge is 0.322 e. The molecule has 2 heterocycles. The summed E-state index contributed by atoms with van der Waals surface area (Å²) in [4.78, 5) is 15.8. The van der Waals surface area contributed by atoms with Crippen LogP contribution in [-0.4, -0.2) is 17.5 Å². The van der Waals surface area contributed by atoms with Crippen LogP contribution in [0.15, 0.2) is 35.7 Å². The molecule has 0 bridgehead atoms. The SMILES string of the molecule is Cc1cc(C)cc(NC(=O)N2CCC[C@@H]2c2cccs2)c1. The Morgan fingerprint density at radius 3 is 2.71 bits per heavy atom. The van der Waals surface area contributed by atoms with Gasteiger partial charge in [0.15, 0.2) is 0 Å². The van der Waals surface area contributed by atoms with Crippen molar-refractivity contribution in [3.8, 4) is 0 Å². The minimum Gasteiger partial charge on any atom is -0.317 e. The van der Waals surface area contributed by atoms with Gasteiger partial charge in [-0.1, -0.05) is 12.1 Å². The topological polar surface area (TPSA) is 32.3 Å². The number of rotatable bonds is 2. The van der Waals surface area contributed by atoms with Crippen molar-refractivity contribution in [2.75, 3.05) is 11.9 Å². The molecule has 0 unspecified atom stereocenters. The Labute approximate surface area is 129 Å². The number of aryl methyl sites for hydroxylation is 2. The maximum absolute atomic E-state index is 12.6. The summed E-state index contributed by atoms with van der Waals surface area (Å²) in [6.45, 7) is 4.93. The average Bonchev–Trinajstić information content (AvgIpc) is 3.08. The van der Waals surface area contributed by atoms with E-state index in [-0.39, 0.29) is 12.1 Å². The molecule has 3 nitrogen and oxygen atoms in total. The molecule has 1 saturated heterocycles. The van der Waals surface area contributed by atoms with E-state index < -0.39 is 0 Å². The Morgan fingerprint density at radius 1 is 1.29 bits per heavy atom. The van der Waals surface area contributed by atoms with Gasteiger partial charge in [-0.2, -0.15) is 0 Å². The van der Waals surface area contributed by atoms with E-state index in [4.69, 9.17) is 0 Å². The van der Waals surface area contributed by atoms with E-state index in [1.165, 1.54) is 16.0 Å². The number of carbonyl (C=O) groups excluding carboxylic acids is 1. The Hall–Kier alpha value is -1.81. The average molecular weight is 300 g/mol. The van der Waals surface area contributed by atoms with Crippen LogP contribution in [0.2, 0.25) is 0 Å². The van der Waals surface area contributed by atoms with Gasteiger partial charge < -0.3 is 10.2 Å². The number of nitrogens with zero attached hydrogens (tertiary/aromatic N) is 1. The molecule has 21 heavy (non-hydrogen) atoms. The highest BCUT2D eigenvalue weighted by Crippen LogP contribution is 2.34. The molecule has 0 spiro atoms. The smallest absolute Gasteiger partial charge is 0.317 e. The number of likely N-dealkylation sites (tertiary alicyclic amines) is 1. The number of amides is 2. The minimum absolute atomic E-state index is 0.0101. The molecule has 0 aliphatic carbocycles. The van der Waals surface area contributed by atoms with Crippen LogP contribution >= 0.6 is 11.3 Å². The molecule has 0 saturated carbocycles. The van der Waals surface area contributed by atoms with Crippen LogP contribution in [0.1, 0.15) is 34.9 Å². The third kappa shape index (κ3) is 3.10. The summed E-state index contributed by atoms with van der Waals surface area (Å²) in [6.07, 6.45) is 2.13. The van der Waals surface area contributed by atoms with Gasteiger partial charge in [0, 0.05) is 17.1 Å². The Bertz CT molecular complexity index is 616. The van der Waals surface area contributed by atoms with Gasteiger partial charge in [-0.3, -0.25) is 0 Å². The number of urea groups is 1. The maximum atomic E-state index is 12.6. The number of hydrogen-bond acceptors (Lipinski definition) is 2. The fourth-order valence-corrected chi connectivity index (χ4v) is 3.90. The summed E-state index contributed by atoms with van der Waals surface area (Å²) >= 11 is 1.73. The lowest BCUT2D eigenvalue weighted by atomic mass is 10.1. The van der Waals surface area contributed by atoms with Gasteiger partial charge in [0.1, 0.15) is 0 Å². The van der Waals surface area contributed by atoms with Crippen LogP contribution in [0.4, 0.5) is 10.5 Å². The zero-order chi connectivity index (χ0) is 14.8. The molecular weight excluding hydrogens is 280 g/mol. The van der Waals surface area contributed by atoms with Crippen LogP contribution in [0.25, 0.3) is 0 Å². The van der Waals surface area contributed by atoms with Crippen molar-refractivity contribution in [3.63, 3.8) is 0 Å². The predicted molar refractivity (Wildman–Crippen MR) is 87.9 cm³/mol. The molecule has 2 amide bonds. The fourth-order valence-electron chi connectivity index (χ4n) is 3.03. The molecule has 1 aliphatic heterocycles. The van der Waals surface area contributed by atoms with Crippen molar-refractivity contribution in [2.45, 2.75) is 32.7 Å². The molecule has 1 aromatic heterocycles. The molecule has 1 aromatic carbocycles. The van der Waals surface area contributed by atoms with Crippen LogP contribution in [0.3, 0.4) is 0 Å². The third-order valence-electron chi connectivity index (χ3n) is 3.86. The van der Waals surface area contributed by atoms with Gasteiger partial charge >= 0.3 is 6.03 Å². The molecule has 110 valence electrons. The Morgan fingerprint density at radius 2 is 2.05 bits per heavy atom. The summed E-state index contributed by atoms with van der Waals surface area (Å²) < 4.78 is 0. The monoisotopic (exact) mass is 300 g/mol. The highest BCUT2D eigenvalue weighted by molar-refractivity contribution is 7.10. The molecule has 1 atom stereocenters. The van der Waals surface area contributed by atoms with Gasteiger partial charge in [-0.15, -0.1) is 11.3 Å². The second-order valence-electron chi connectivity index (χ2n) is 5.67. The zero-order valence-electron chi connectivity index (χ0n) is 12.4. The maximum Gasteiger partial charge on any atom is 0.322 e. The van der Waals surface area contributed by atoms with E-state index in [2.05, 4.69) is 28.9 Å². The number of nitrogens with one attached hydrogen (secondary N) is 1. The van der Waals surface area contributed by atoms with Crippen molar-refractivity contribution in [2.24, 2.45) is 0 Å². The first-order valence-corrected chi connectivity index (χ1v) is 8.21. The number of benzene rings is 1. The van der Waals surface area contributed by atoms with E-state index in [0.717, 1.165) is 25.1 Å². The van der Waals surface area contributed by atoms with Crippen molar-refractivity contribution < 1.29 is 4.79 Å². The second kappa shape index (κ2) is 5.90. The van der Waals surface area contributed by atoms with Gasteiger partial charge in [-0.25, -0.2) is 4.79 Å². The first-order chi connectivity index (χ1) is 10.1. The standard InChI is InChI=1S/C17H20N2OS/c1-12-9-13(2)11-14(10-12)18-17(20)19-7-3-5-15(19)16-6-4-8-21-16/h4,6,8-11,15H,3,5,7H2,1-2H3,(H,18,20)/t15-/m1/s1. The van der Waals surface area contributed by atoms with Crippen LogP contribution in [0, 0.1) is 13.8 Å². The van der Waals surface area contributed by atoms with Gasteiger partial charge in [-0.05, 0) is 61.4 Å². The molecule has 4 heteroatoms. The summed E-state index contributed by atoms with van der Waals surface area (Å²) in [6, 6.07) is 10.6. The highest BCUT2D eigenvalue weighted by Gasteiger charge is 2.30. The van der Waals surface area contributed by atoms with E-state index in [0.29, 0.717) is 0 Å². The van der Waals surface area contributed by atoms with E-state index in [1.807, 2.05) is 30.9 Å². The quantitative estimate of drug-likeness (QED) is 0.854. The Kier molecular flexibility index (Phi) is 3.97. The Balaban J connectivity index is 1.75. The number of hydrogen-bond donors (Lipinski definition) is 1. The number of thiophene rings is 1. The van der Waals surface area contributed by atoms with E-state index in [1.54, 1.807) is 11.3 Å². The van der Waals surface area contributed by atoms with Crippen molar-refractivity contribution in [1.82, 2.24) is 4.90 Å². The molecule has 1 fully saturated rings. The first-order valence-electron chi connectivity index (χ1n) is 7.33. The lowest BCUT2D eigenvalue weighted by molar-refractivity contribution is 0.208. The molecule has 1 aliphatic rings. The zero-order valence-corrected chi connectivity index (χ0v) is 13.2. The second-order valence-corrected chi connectivity index (χ2v) is 6.65. The van der Waals surface area contributed by atoms with E-state index in [9.17, 15) is 4.79 Å². The number of carbonyl (C=O) groups is 1. The van der Waals surface area contributed by atoms with E-state index >= 15 is 0 Å². The van der Waals surface area contributed by atoms with Crippen molar-refractivity contribution in [3.05, 3.63) is 51.7 Å². The summed E-state index contributed by atoms with van der Waals surface area (Å²) in [7, 11) is 0. The fraction of sp³-hybridized carbons (Fsp3) is 0.353. The normalized spacial score (nSPS) is 18.0. The molecule has 3 rings (SSSR count). The minimum atomic E-state index is 0.0101. The number of anilines is 1. The summed E-state index contributed by atoms with van der Waals surface area (Å²) in [5.74, 6) is 0. The predicted octanol–water partition coefficient (Wildman–Crippen LogP) is 4.73. The molecule has 0 radical (unpaired) electrons. The van der Waals surface area contributed by atoms with Gasteiger partial charge in [0.25, 0.3) is 0 Å².